The van der Waals surface area contributed by atoms with E-state index in [4.69, 9.17) is 0 Å². The van der Waals surface area contributed by atoms with Gasteiger partial charge in [0, 0.05) is 0 Å². The monoisotopic (exact) mass is 304 g/mol. The molecule has 0 atom stereocenters. The highest BCUT2D eigenvalue weighted by Crippen LogP contribution is 2.28. The SMILES string of the molecule is Cc1cc2nc(NC(=O)c3snnc3C)sc2cc1C. The van der Waals surface area contributed by atoms with Crippen molar-refractivity contribution in [3.05, 3.63) is 33.8 Å². The molecule has 2 aromatic heterocycles. The van der Waals surface area contributed by atoms with Gasteiger partial charge >= 0.3 is 0 Å². The molecule has 0 saturated carbocycles. The summed E-state index contributed by atoms with van der Waals surface area (Å²) in [6, 6.07) is 4.13. The van der Waals surface area contributed by atoms with Crippen LogP contribution in [0.15, 0.2) is 12.1 Å². The average molecular weight is 304 g/mol. The van der Waals surface area contributed by atoms with E-state index in [1.807, 2.05) is 6.07 Å². The maximum atomic E-state index is 12.1. The summed E-state index contributed by atoms with van der Waals surface area (Å²) in [5.74, 6) is -0.204. The van der Waals surface area contributed by atoms with Crippen molar-refractivity contribution in [1.29, 1.82) is 0 Å². The molecule has 1 amide bonds. The van der Waals surface area contributed by atoms with Crippen molar-refractivity contribution in [3.63, 3.8) is 0 Å². The minimum atomic E-state index is -0.204. The Morgan fingerprint density at radius 3 is 2.65 bits per heavy atom. The van der Waals surface area contributed by atoms with E-state index in [0.29, 0.717) is 15.7 Å². The Bertz CT molecular complexity index is 767. The standard InChI is InChI=1S/C13H12N4OS2/c1-6-4-9-10(5-7(6)2)19-13(14-9)15-12(18)11-8(3)16-17-20-11/h4-5H,1-3H3,(H,14,15,18). The van der Waals surface area contributed by atoms with E-state index in [1.165, 1.54) is 22.5 Å². The lowest BCUT2D eigenvalue weighted by Gasteiger charge is -1.97. The molecule has 3 rings (SSSR count). The number of nitrogens with one attached hydrogen (secondary N) is 1. The number of fused-ring (bicyclic) bond motifs is 1. The largest absolute Gasteiger partial charge is 0.297 e. The fourth-order valence-corrected chi connectivity index (χ4v) is 3.32. The topological polar surface area (TPSA) is 67.8 Å². The number of carbonyl (C=O) groups is 1. The Labute approximate surface area is 123 Å². The number of carbonyl (C=O) groups excluding carboxylic acids is 1. The van der Waals surface area contributed by atoms with Gasteiger partial charge in [0.25, 0.3) is 5.91 Å². The molecule has 5 nitrogen and oxygen atoms in total. The Kier molecular flexibility index (Phi) is 3.23. The van der Waals surface area contributed by atoms with Crippen molar-refractivity contribution in [3.8, 4) is 0 Å². The van der Waals surface area contributed by atoms with E-state index in [0.717, 1.165) is 21.7 Å². The van der Waals surface area contributed by atoms with Crippen LogP contribution in [0.3, 0.4) is 0 Å². The van der Waals surface area contributed by atoms with Gasteiger partial charge in [-0.25, -0.2) is 4.98 Å². The van der Waals surface area contributed by atoms with Gasteiger partial charge in [-0.2, -0.15) is 0 Å². The van der Waals surface area contributed by atoms with Crippen molar-refractivity contribution >= 4 is 44.1 Å². The van der Waals surface area contributed by atoms with Crippen LogP contribution in [-0.4, -0.2) is 20.5 Å². The van der Waals surface area contributed by atoms with Gasteiger partial charge in [-0.05, 0) is 55.6 Å². The number of aryl methyl sites for hydroxylation is 3. The van der Waals surface area contributed by atoms with Crippen LogP contribution < -0.4 is 5.32 Å². The van der Waals surface area contributed by atoms with Gasteiger partial charge in [0.15, 0.2) is 5.13 Å². The van der Waals surface area contributed by atoms with Gasteiger partial charge in [0.1, 0.15) is 4.88 Å². The Morgan fingerprint density at radius 1 is 1.20 bits per heavy atom. The number of hydrogen-bond donors (Lipinski definition) is 1. The fraction of sp³-hybridized carbons (Fsp3) is 0.231. The van der Waals surface area contributed by atoms with Crippen LogP contribution in [0.4, 0.5) is 5.13 Å². The predicted octanol–water partition coefficient (Wildman–Crippen LogP) is 3.33. The lowest BCUT2D eigenvalue weighted by atomic mass is 10.1. The van der Waals surface area contributed by atoms with E-state index in [2.05, 4.69) is 39.8 Å². The number of thiazole rings is 1. The molecule has 0 unspecified atom stereocenters. The molecule has 0 spiro atoms. The second-order valence-corrected chi connectivity index (χ2v) is 6.35. The summed E-state index contributed by atoms with van der Waals surface area (Å²) < 4.78 is 4.84. The summed E-state index contributed by atoms with van der Waals surface area (Å²) in [6.45, 7) is 5.89. The van der Waals surface area contributed by atoms with E-state index >= 15 is 0 Å². The summed E-state index contributed by atoms with van der Waals surface area (Å²) in [4.78, 5) is 17.1. The molecule has 0 aliphatic rings. The molecule has 7 heteroatoms. The van der Waals surface area contributed by atoms with Crippen LogP contribution in [0.5, 0.6) is 0 Å². The van der Waals surface area contributed by atoms with Gasteiger partial charge in [0.2, 0.25) is 0 Å². The van der Waals surface area contributed by atoms with Crippen molar-refractivity contribution in [1.82, 2.24) is 14.6 Å². The first-order chi connectivity index (χ1) is 9.54. The third kappa shape index (κ3) is 2.30. The maximum Gasteiger partial charge on any atom is 0.271 e. The maximum absolute atomic E-state index is 12.1. The third-order valence-corrected chi connectivity index (χ3v) is 4.84. The molecule has 0 aliphatic heterocycles. The zero-order valence-corrected chi connectivity index (χ0v) is 12.9. The number of hydrogen-bond acceptors (Lipinski definition) is 6. The fourth-order valence-electron chi connectivity index (χ4n) is 1.83. The zero-order chi connectivity index (χ0) is 14.3. The average Bonchev–Trinajstić information content (AvgIpc) is 2.96. The minimum absolute atomic E-state index is 0.204. The number of rotatable bonds is 2. The molecule has 1 N–H and O–H groups in total. The molecule has 1 aromatic carbocycles. The van der Waals surface area contributed by atoms with Crippen LogP contribution in [0.1, 0.15) is 26.5 Å². The molecule has 20 heavy (non-hydrogen) atoms. The van der Waals surface area contributed by atoms with Crippen LogP contribution in [-0.2, 0) is 0 Å². The molecule has 0 bridgehead atoms. The first-order valence-corrected chi connectivity index (χ1v) is 7.61. The van der Waals surface area contributed by atoms with Crippen molar-refractivity contribution in [2.24, 2.45) is 0 Å². The molecular weight excluding hydrogens is 292 g/mol. The Balaban J connectivity index is 1.92. The van der Waals surface area contributed by atoms with Gasteiger partial charge in [-0.15, -0.1) is 5.10 Å². The normalized spacial score (nSPS) is 10.9. The van der Waals surface area contributed by atoms with E-state index in [9.17, 15) is 4.79 Å². The molecule has 0 aliphatic carbocycles. The van der Waals surface area contributed by atoms with Gasteiger partial charge in [0.05, 0.1) is 15.9 Å². The number of amides is 1. The molecule has 0 radical (unpaired) electrons. The van der Waals surface area contributed by atoms with E-state index in [-0.39, 0.29) is 5.91 Å². The van der Waals surface area contributed by atoms with Crippen LogP contribution in [0, 0.1) is 20.8 Å². The van der Waals surface area contributed by atoms with Crippen LogP contribution in [0.25, 0.3) is 10.2 Å². The highest BCUT2D eigenvalue weighted by molar-refractivity contribution is 7.22. The summed E-state index contributed by atoms with van der Waals surface area (Å²) in [5, 5.41) is 7.25. The molecule has 3 aromatic rings. The highest BCUT2D eigenvalue weighted by atomic mass is 32.1. The van der Waals surface area contributed by atoms with E-state index < -0.39 is 0 Å². The second-order valence-electron chi connectivity index (χ2n) is 4.56. The van der Waals surface area contributed by atoms with Crippen molar-refractivity contribution in [2.75, 3.05) is 5.32 Å². The first kappa shape index (κ1) is 13.1. The minimum Gasteiger partial charge on any atom is -0.297 e. The van der Waals surface area contributed by atoms with E-state index in [1.54, 1.807) is 6.92 Å². The summed E-state index contributed by atoms with van der Waals surface area (Å²) in [6.07, 6.45) is 0. The Morgan fingerprint density at radius 2 is 1.95 bits per heavy atom. The predicted molar refractivity (Wildman–Crippen MR) is 81.7 cm³/mol. The third-order valence-electron chi connectivity index (χ3n) is 3.08. The Hall–Kier alpha value is -1.86. The molecule has 0 saturated heterocycles. The summed E-state index contributed by atoms with van der Waals surface area (Å²) in [7, 11) is 0. The van der Waals surface area contributed by atoms with Crippen molar-refractivity contribution < 1.29 is 4.79 Å². The highest BCUT2D eigenvalue weighted by Gasteiger charge is 2.15. The molecule has 102 valence electrons. The van der Waals surface area contributed by atoms with Gasteiger partial charge in [-0.3, -0.25) is 10.1 Å². The van der Waals surface area contributed by atoms with Crippen molar-refractivity contribution in [2.45, 2.75) is 20.8 Å². The van der Waals surface area contributed by atoms with Gasteiger partial charge in [-0.1, -0.05) is 15.8 Å². The lowest BCUT2D eigenvalue weighted by molar-refractivity contribution is 0.103. The first-order valence-electron chi connectivity index (χ1n) is 6.02. The number of benzene rings is 1. The number of aromatic nitrogens is 3. The molecule has 2 heterocycles. The second kappa shape index (κ2) is 4.92. The van der Waals surface area contributed by atoms with Crippen LogP contribution >= 0.6 is 22.9 Å². The molecule has 0 fully saturated rings. The number of nitrogens with zero attached hydrogens (tertiary/aromatic N) is 3. The lowest BCUT2D eigenvalue weighted by Crippen LogP contribution is -2.11. The molecular formula is C13H12N4OS2. The smallest absolute Gasteiger partial charge is 0.271 e. The van der Waals surface area contributed by atoms with Crippen LogP contribution in [0.2, 0.25) is 0 Å². The quantitative estimate of drug-likeness (QED) is 0.788. The zero-order valence-electron chi connectivity index (χ0n) is 11.2. The summed E-state index contributed by atoms with van der Waals surface area (Å²) in [5.41, 5.74) is 3.97. The number of anilines is 1. The van der Waals surface area contributed by atoms with Gasteiger partial charge < -0.3 is 0 Å². The summed E-state index contributed by atoms with van der Waals surface area (Å²) >= 11 is 2.56.